The van der Waals surface area contributed by atoms with Gasteiger partial charge >= 0.3 is 6.03 Å². The van der Waals surface area contributed by atoms with E-state index in [4.69, 9.17) is 14.2 Å². The molecule has 9 heteroatoms. The standard InChI is InChI=1S/C33H37N3O5S.2C2H6/c1-39-30-20-23(5-12-29(30)41-22-36-16-13-34-33(36)38)19-28-27-11-8-25(37)21-31(27)42-32(28)24-6-9-26(10-7-24)40-18-17-35-14-3-2-4-15-35;2*1-2/h5-12,20-21,37H,2-4,13-19,22H2,1H3,(H,34,38);2*1-2H3. The van der Waals surface area contributed by atoms with Crippen LogP contribution in [0.1, 0.15) is 58.1 Å². The Morgan fingerprint density at radius 1 is 0.870 bits per heavy atom. The minimum Gasteiger partial charge on any atom is -0.508 e. The van der Waals surface area contributed by atoms with Crippen LogP contribution < -0.4 is 19.5 Å². The number of nitrogens with one attached hydrogen (secondary N) is 1. The number of nitrogens with zero attached hydrogens (tertiary/aromatic N) is 2. The number of phenols is 1. The van der Waals surface area contributed by atoms with Crippen molar-refractivity contribution in [1.82, 2.24) is 15.1 Å². The Morgan fingerprint density at radius 2 is 1.63 bits per heavy atom. The summed E-state index contributed by atoms with van der Waals surface area (Å²) < 4.78 is 18.7. The predicted molar refractivity (Wildman–Crippen MR) is 189 cm³/mol. The zero-order valence-corrected chi connectivity index (χ0v) is 28.8. The lowest BCUT2D eigenvalue weighted by Crippen LogP contribution is -2.33. The molecule has 46 heavy (non-hydrogen) atoms. The summed E-state index contributed by atoms with van der Waals surface area (Å²) in [5.74, 6) is 2.35. The smallest absolute Gasteiger partial charge is 0.320 e. The summed E-state index contributed by atoms with van der Waals surface area (Å²) in [5, 5.41) is 14.1. The van der Waals surface area contributed by atoms with E-state index in [1.54, 1.807) is 29.4 Å². The van der Waals surface area contributed by atoms with Crippen LogP contribution in [-0.2, 0) is 6.42 Å². The maximum atomic E-state index is 11.9. The number of aromatic hydroxyl groups is 1. The first kappa shape index (κ1) is 34.9. The van der Waals surface area contributed by atoms with Crippen molar-refractivity contribution in [1.29, 1.82) is 0 Å². The SMILES string of the molecule is CC.CC.COc1cc(Cc2c(-c3ccc(OCCN4CCCCC4)cc3)sc3cc(O)ccc23)ccc1OCN1CCNC1=O. The highest BCUT2D eigenvalue weighted by Gasteiger charge is 2.21. The summed E-state index contributed by atoms with van der Waals surface area (Å²) in [4.78, 5) is 17.1. The Balaban J connectivity index is 0.00000116. The molecule has 4 aromatic rings. The molecule has 2 N–H and O–H groups in total. The van der Waals surface area contributed by atoms with Crippen molar-refractivity contribution in [3.05, 3.63) is 71.8 Å². The van der Waals surface area contributed by atoms with Crippen LogP contribution in [0.5, 0.6) is 23.0 Å². The molecule has 0 spiro atoms. The van der Waals surface area contributed by atoms with Crippen molar-refractivity contribution in [2.45, 2.75) is 53.4 Å². The molecule has 0 atom stereocenters. The largest absolute Gasteiger partial charge is 0.508 e. The summed E-state index contributed by atoms with van der Waals surface area (Å²) in [6.45, 7) is 13.4. The summed E-state index contributed by atoms with van der Waals surface area (Å²) in [7, 11) is 1.62. The number of fused-ring (bicyclic) bond motifs is 1. The average molecular weight is 648 g/mol. The zero-order valence-electron chi connectivity index (χ0n) is 27.9. The summed E-state index contributed by atoms with van der Waals surface area (Å²) in [5.41, 5.74) is 3.38. The van der Waals surface area contributed by atoms with Gasteiger partial charge in [-0.2, -0.15) is 0 Å². The second-order valence-electron chi connectivity index (χ2n) is 10.8. The van der Waals surface area contributed by atoms with Crippen LogP contribution in [0.3, 0.4) is 0 Å². The van der Waals surface area contributed by atoms with Crippen LogP contribution in [0, 0.1) is 0 Å². The molecule has 248 valence electrons. The van der Waals surface area contributed by atoms with E-state index in [2.05, 4.69) is 22.3 Å². The number of ether oxygens (including phenoxy) is 3. The number of phenolic OH excluding ortho intramolecular Hbond substituents is 1. The van der Waals surface area contributed by atoms with E-state index in [1.807, 2.05) is 70.2 Å². The molecule has 2 aliphatic rings. The number of urea groups is 1. The molecule has 2 amide bonds. The number of likely N-dealkylation sites (tertiary alicyclic amines) is 1. The lowest BCUT2D eigenvalue weighted by Gasteiger charge is -2.26. The predicted octanol–water partition coefficient (Wildman–Crippen LogP) is 8.15. The fraction of sp³-hybridized carbons (Fsp3) is 0.432. The number of carbonyl (C=O) groups is 1. The van der Waals surface area contributed by atoms with Gasteiger partial charge in [-0.05, 0) is 109 Å². The highest BCUT2D eigenvalue weighted by atomic mass is 32.1. The van der Waals surface area contributed by atoms with E-state index in [0.717, 1.165) is 38.4 Å². The van der Waals surface area contributed by atoms with Crippen LogP contribution in [0.15, 0.2) is 60.7 Å². The number of hydrogen-bond acceptors (Lipinski definition) is 7. The number of piperidine rings is 1. The fourth-order valence-corrected chi connectivity index (χ4v) is 6.91. The van der Waals surface area contributed by atoms with Crippen LogP contribution in [0.25, 0.3) is 20.5 Å². The number of rotatable bonds is 11. The van der Waals surface area contributed by atoms with Gasteiger partial charge in [-0.25, -0.2) is 4.79 Å². The normalized spacial score (nSPS) is 14.5. The Labute approximate surface area is 277 Å². The first-order valence-electron chi connectivity index (χ1n) is 16.6. The van der Waals surface area contributed by atoms with Gasteiger partial charge in [-0.3, -0.25) is 9.80 Å². The molecule has 2 fully saturated rings. The molecule has 2 saturated heterocycles. The van der Waals surface area contributed by atoms with Crippen molar-refractivity contribution in [2.75, 3.05) is 53.2 Å². The number of benzene rings is 3. The second-order valence-corrected chi connectivity index (χ2v) is 11.8. The number of carbonyl (C=O) groups excluding carboxylic acids is 1. The third kappa shape index (κ3) is 8.85. The van der Waals surface area contributed by atoms with Crippen LogP contribution in [0.2, 0.25) is 0 Å². The van der Waals surface area contributed by atoms with Crippen molar-refractivity contribution in [2.24, 2.45) is 0 Å². The molecule has 0 bridgehead atoms. The van der Waals surface area contributed by atoms with Gasteiger partial charge in [0.05, 0.1) is 7.11 Å². The number of thiophene rings is 1. The van der Waals surface area contributed by atoms with Crippen LogP contribution in [-0.4, -0.2) is 74.1 Å². The van der Waals surface area contributed by atoms with Crippen molar-refractivity contribution in [3.8, 4) is 33.4 Å². The third-order valence-electron chi connectivity index (χ3n) is 7.95. The molecule has 3 heterocycles. The molecule has 3 aromatic carbocycles. The molecule has 0 unspecified atom stereocenters. The minimum atomic E-state index is -0.120. The second kappa shape index (κ2) is 17.7. The molecular formula is C37H49N3O5S. The highest BCUT2D eigenvalue weighted by Crippen LogP contribution is 2.42. The quantitative estimate of drug-likeness (QED) is 0.171. The molecule has 0 radical (unpaired) electrons. The third-order valence-corrected chi connectivity index (χ3v) is 9.19. The monoisotopic (exact) mass is 647 g/mol. The lowest BCUT2D eigenvalue weighted by atomic mass is 9.98. The van der Waals surface area contributed by atoms with Gasteiger partial charge in [0, 0.05) is 29.2 Å². The summed E-state index contributed by atoms with van der Waals surface area (Å²) >= 11 is 1.68. The van der Waals surface area contributed by atoms with Crippen molar-refractivity contribution in [3.63, 3.8) is 0 Å². The number of methoxy groups -OCH3 is 1. The zero-order chi connectivity index (χ0) is 32.9. The van der Waals surface area contributed by atoms with Crippen LogP contribution >= 0.6 is 11.3 Å². The average Bonchev–Trinajstić information content (AvgIpc) is 3.68. The Hall–Kier alpha value is -3.95. The number of hydrogen-bond donors (Lipinski definition) is 2. The van der Waals surface area contributed by atoms with E-state index in [0.29, 0.717) is 37.6 Å². The van der Waals surface area contributed by atoms with E-state index in [1.165, 1.54) is 37.9 Å². The fourth-order valence-electron chi connectivity index (χ4n) is 5.65. The molecule has 0 aliphatic carbocycles. The van der Waals surface area contributed by atoms with Crippen LogP contribution in [0.4, 0.5) is 4.79 Å². The Kier molecular flexibility index (Phi) is 13.4. The van der Waals surface area contributed by atoms with Crippen molar-refractivity contribution >= 4 is 27.5 Å². The first-order chi connectivity index (χ1) is 22.6. The summed E-state index contributed by atoms with van der Waals surface area (Å²) in [6.07, 6.45) is 4.59. The van der Waals surface area contributed by atoms with Crippen molar-refractivity contribution < 1.29 is 24.1 Å². The van der Waals surface area contributed by atoms with E-state index >= 15 is 0 Å². The molecule has 1 aromatic heterocycles. The molecule has 2 aliphatic heterocycles. The molecular weight excluding hydrogens is 598 g/mol. The Bertz CT molecular complexity index is 1530. The van der Waals surface area contributed by atoms with Gasteiger partial charge < -0.3 is 24.6 Å². The molecule has 0 saturated carbocycles. The van der Waals surface area contributed by atoms with Gasteiger partial charge in [0.15, 0.2) is 18.2 Å². The topological polar surface area (TPSA) is 83.5 Å². The van der Waals surface area contributed by atoms with Gasteiger partial charge in [-0.1, -0.05) is 40.2 Å². The number of amides is 2. The Morgan fingerprint density at radius 3 is 2.33 bits per heavy atom. The first-order valence-corrected chi connectivity index (χ1v) is 17.4. The van der Waals surface area contributed by atoms with Gasteiger partial charge in [0.1, 0.15) is 18.1 Å². The maximum Gasteiger partial charge on any atom is 0.320 e. The van der Waals surface area contributed by atoms with Gasteiger partial charge in [0.25, 0.3) is 0 Å². The van der Waals surface area contributed by atoms with Gasteiger partial charge in [0.2, 0.25) is 0 Å². The summed E-state index contributed by atoms with van der Waals surface area (Å²) in [6, 6.07) is 19.7. The lowest BCUT2D eigenvalue weighted by molar-refractivity contribution is 0.154. The highest BCUT2D eigenvalue weighted by molar-refractivity contribution is 7.22. The van der Waals surface area contributed by atoms with E-state index < -0.39 is 0 Å². The van der Waals surface area contributed by atoms with E-state index in [-0.39, 0.29) is 18.5 Å². The molecule has 8 nitrogen and oxygen atoms in total. The maximum absolute atomic E-state index is 11.9. The minimum absolute atomic E-state index is 0.120. The molecule has 6 rings (SSSR count). The van der Waals surface area contributed by atoms with Gasteiger partial charge in [-0.15, -0.1) is 11.3 Å². The van der Waals surface area contributed by atoms with E-state index in [9.17, 15) is 9.90 Å².